The summed E-state index contributed by atoms with van der Waals surface area (Å²) in [5.74, 6) is 1.27. The first-order valence-corrected chi connectivity index (χ1v) is 10.1. The zero-order valence-electron chi connectivity index (χ0n) is 16.9. The minimum atomic E-state index is -0.609. The van der Waals surface area contributed by atoms with Crippen LogP contribution in [0.3, 0.4) is 0 Å². The van der Waals surface area contributed by atoms with E-state index in [1.807, 2.05) is 42.1 Å². The SMILES string of the molecule is CN1C(=O)CCCn2nc(C3CC3)cc21.NC(=O)c1ncn(Cc2ccccc2)n1. The van der Waals surface area contributed by atoms with E-state index in [1.165, 1.54) is 24.9 Å². The molecule has 0 atom stereocenters. The fourth-order valence-electron chi connectivity index (χ4n) is 3.37. The van der Waals surface area contributed by atoms with E-state index in [9.17, 15) is 9.59 Å². The molecule has 3 heterocycles. The second-order valence-corrected chi connectivity index (χ2v) is 7.60. The maximum Gasteiger partial charge on any atom is 0.288 e. The molecule has 2 amide bonds. The Morgan fingerprint density at radius 1 is 1.20 bits per heavy atom. The van der Waals surface area contributed by atoms with Gasteiger partial charge in [0.15, 0.2) is 0 Å². The minimum absolute atomic E-state index is 0.0472. The minimum Gasteiger partial charge on any atom is -0.363 e. The first-order chi connectivity index (χ1) is 14.5. The molecule has 5 rings (SSSR count). The fraction of sp³-hybridized carbons (Fsp3) is 0.381. The predicted octanol–water partition coefficient (Wildman–Crippen LogP) is 1.94. The normalized spacial score (nSPS) is 15.8. The molecule has 1 aliphatic heterocycles. The quantitative estimate of drug-likeness (QED) is 0.710. The Hall–Kier alpha value is -3.49. The number of fused-ring (bicyclic) bond motifs is 1. The van der Waals surface area contributed by atoms with E-state index in [4.69, 9.17) is 5.73 Å². The Kier molecular flexibility index (Phi) is 5.60. The van der Waals surface area contributed by atoms with Crippen LogP contribution in [-0.2, 0) is 17.9 Å². The molecule has 1 aliphatic carbocycles. The molecule has 0 radical (unpaired) electrons. The summed E-state index contributed by atoms with van der Waals surface area (Å²) in [6.45, 7) is 1.46. The second kappa shape index (κ2) is 8.48. The molecule has 30 heavy (non-hydrogen) atoms. The van der Waals surface area contributed by atoms with Crippen molar-refractivity contribution < 1.29 is 9.59 Å². The van der Waals surface area contributed by atoms with Gasteiger partial charge < -0.3 is 10.6 Å². The molecule has 9 heteroatoms. The summed E-state index contributed by atoms with van der Waals surface area (Å²) in [7, 11) is 1.85. The molecule has 9 nitrogen and oxygen atoms in total. The third-order valence-electron chi connectivity index (χ3n) is 5.20. The molecule has 2 aromatic heterocycles. The predicted molar refractivity (Wildman–Crippen MR) is 111 cm³/mol. The van der Waals surface area contributed by atoms with Gasteiger partial charge in [-0.3, -0.25) is 9.59 Å². The summed E-state index contributed by atoms with van der Waals surface area (Å²) in [4.78, 5) is 27.9. The van der Waals surface area contributed by atoms with Crippen LogP contribution >= 0.6 is 0 Å². The number of aromatic nitrogens is 5. The van der Waals surface area contributed by atoms with E-state index in [2.05, 4.69) is 21.2 Å². The lowest BCUT2D eigenvalue weighted by atomic mass is 10.2. The summed E-state index contributed by atoms with van der Waals surface area (Å²) in [6, 6.07) is 11.9. The van der Waals surface area contributed by atoms with Crippen LogP contribution in [0.5, 0.6) is 0 Å². The molecule has 1 saturated carbocycles. The summed E-state index contributed by atoms with van der Waals surface area (Å²) in [5.41, 5.74) is 7.31. The topological polar surface area (TPSA) is 112 Å². The number of rotatable bonds is 4. The van der Waals surface area contributed by atoms with Crippen molar-refractivity contribution in [1.82, 2.24) is 24.5 Å². The molecule has 1 aromatic carbocycles. The highest BCUT2D eigenvalue weighted by Gasteiger charge is 2.29. The average molecular weight is 407 g/mol. The van der Waals surface area contributed by atoms with Crippen LogP contribution in [0.25, 0.3) is 0 Å². The highest BCUT2D eigenvalue weighted by atomic mass is 16.2. The Balaban J connectivity index is 0.000000145. The first kappa shape index (κ1) is 19.8. The van der Waals surface area contributed by atoms with Crippen molar-refractivity contribution in [2.24, 2.45) is 5.73 Å². The highest BCUT2D eigenvalue weighted by Crippen LogP contribution is 2.40. The lowest BCUT2D eigenvalue weighted by Gasteiger charge is -2.13. The van der Waals surface area contributed by atoms with E-state index in [-0.39, 0.29) is 11.7 Å². The third-order valence-corrected chi connectivity index (χ3v) is 5.20. The van der Waals surface area contributed by atoms with Gasteiger partial charge in [-0.1, -0.05) is 30.3 Å². The van der Waals surface area contributed by atoms with Gasteiger partial charge in [0.25, 0.3) is 5.91 Å². The number of hydrogen-bond donors (Lipinski definition) is 1. The van der Waals surface area contributed by atoms with Crippen molar-refractivity contribution in [3.05, 3.63) is 59.8 Å². The third kappa shape index (κ3) is 4.56. The van der Waals surface area contributed by atoms with Crippen LogP contribution in [0.15, 0.2) is 42.7 Å². The van der Waals surface area contributed by atoms with Gasteiger partial charge in [0, 0.05) is 32.0 Å². The monoisotopic (exact) mass is 407 g/mol. The number of hydrogen-bond acceptors (Lipinski definition) is 5. The lowest BCUT2D eigenvalue weighted by molar-refractivity contribution is -0.118. The molecular weight excluding hydrogens is 382 g/mol. The Labute approximate surface area is 174 Å². The average Bonchev–Trinajstić information content (AvgIpc) is 3.37. The number of aryl methyl sites for hydroxylation is 1. The molecule has 3 aromatic rings. The van der Waals surface area contributed by atoms with Crippen molar-refractivity contribution in [3.63, 3.8) is 0 Å². The van der Waals surface area contributed by atoms with Crippen LogP contribution in [0.2, 0.25) is 0 Å². The molecule has 2 aliphatic rings. The van der Waals surface area contributed by atoms with Crippen molar-refractivity contribution in [3.8, 4) is 0 Å². The summed E-state index contributed by atoms with van der Waals surface area (Å²) < 4.78 is 3.56. The van der Waals surface area contributed by atoms with Crippen LogP contribution in [0.1, 0.15) is 53.5 Å². The highest BCUT2D eigenvalue weighted by molar-refractivity contribution is 5.92. The Morgan fingerprint density at radius 3 is 2.63 bits per heavy atom. The number of nitrogens with zero attached hydrogens (tertiary/aromatic N) is 6. The molecule has 0 spiro atoms. The first-order valence-electron chi connectivity index (χ1n) is 10.1. The van der Waals surface area contributed by atoms with Crippen molar-refractivity contribution >= 4 is 17.6 Å². The van der Waals surface area contributed by atoms with Crippen molar-refractivity contribution in [2.75, 3.05) is 11.9 Å². The lowest BCUT2D eigenvalue weighted by Crippen LogP contribution is -2.25. The van der Waals surface area contributed by atoms with Crippen LogP contribution < -0.4 is 10.6 Å². The molecule has 1 fully saturated rings. The molecule has 0 saturated heterocycles. The van der Waals surface area contributed by atoms with Crippen molar-refractivity contribution in [1.29, 1.82) is 0 Å². The molecule has 156 valence electrons. The smallest absolute Gasteiger partial charge is 0.288 e. The Morgan fingerprint density at radius 2 is 1.97 bits per heavy atom. The largest absolute Gasteiger partial charge is 0.363 e. The van der Waals surface area contributed by atoms with Crippen LogP contribution in [0, 0.1) is 0 Å². The number of carbonyl (C=O) groups is 2. The van der Waals surface area contributed by atoms with Gasteiger partial charge >= 0.3 is 0 Å². The van der Waals surface area contributed by atoms with E-state index in [1.54, 1.807) is 9.58 Å². The number of amides is 2. The van der Waals surface area contributed by atoms with Gasteiger partial charge in [-0.25, -0.2) is 14.3 Å². The maximum absolute atomic E-state index is 11.7. The second-order valence-electron chi connectivity index (χ2n) is 7.60. The summed E-state index contributed by atoms with van der Waals surface area (Å²) in [6.07, 6.45) is 5.55. The number of primary amides is 1. The van der Waals surface area contributed by atoms with Gasteiger partial charge in [0.2, 0.25) is 11.7 Å². The molecule has 2 N–H and O–H groups in total. The van der Waals surface area contributed by atoms with Crippen LogP contribution in [0.4, 0.5) is 5.82 Å². The number of carbonyl (C=O) groups excluding carboxylic acids is 2. The zero-order chi connectivity index (χ0) is 21.1. The standard InChI is InChI=1S/C11H15N3O.C10H10N4O/c1-13-10-7-9(8-4-5-8)12-14(10)6-2-3-11(13)15;11-9(15)10-12-7-14(13-10)6-8-4-2-1-3-5-8/h7-8H,2-6H2,1H3;1-5,7H,6H2,(H2,11,15). The van der Waals surface area contributed by atoms with Gasteiger partial charge in [-0.05, 0) is 24.8 Å². The van der Waals surface area contributed by atoms with E-state index < -0.39 is 5.91 Å². The van der Waals surface area contributed by atoms with Crippen molar-refractivity contribution in [2.45, 2.75) is 44.7 Å². The van der Waals surface area contributed by atoms with E-state index >= 15 is 0 Å². The summed E-state index contributed by atoms with van der Waals surface area (Å²) >= 11 is 0. The zero-order valence-corrected chi connectivity index (χ0v) is 16.9. The number of benzene rings is 1. The van der Waals surface area contributed by atoms with Gasteiger partial charge in [-0.15, -0.1) is 5.10 Å². The number of anilines is 1. The fourth-order valence-corrected chi connectivity index (χ4v) is 3.37. The van der Waals surface area contributed by atoms with Gasteiger partial charge in [-0.2, -0.15) is 5.10 Å². The Bertz CT molecular complexity index is 1040. The summed E-state index contributed by atoms with van der Waals surface area (Å²) in [5, 5.41) is 8.52. The molecule has 0 unspecified atom stereocenters. The van der Waals surface area contributed by atoms with Gasteiger partial charge in [0.05, 0.1) is 12.2 Å². The molecule has 0 bridgehead atoms. The maximum atomic E-state index is 11.7. The number of nitrogens with two attached hydrogens (primary N) is 1. The van der Waals surface area contributed by atoms with Gasteiger partial charge in [0.1, 0.15) is 12.1 Å². The van der Waals surface area contributed by atoms with E-state index in [0.29, 0.717) is 18.9 Å². The molecular formula is C21H25N7O2. The van der Waals surface area contributed by atoms with Crippen LogP contribution in [-0.4, -0.2) is 43.4 Å². The van der Waals surface area contributed by atoms with E-state index in [0.717, 1.165) is 24.3 Å².